The predicted octanol–water partition coefficient (Wildman–Crippen LogP) is 16.7. The lowest BCUT2D eigenvalue weighted by atomic mass is 10.0. The Morgan fingerprint density at radius 3 is 1.24 bits per heavy atom. The maximum Gasteiger partial charge on any atom is 0.268 e. The van der Waals surface area contributed by atoms with E-state index in [0.29, 0.717) is 17.4 Å². The molecule has 0 saturated heterocycles. The first-order chi connectivity index (χ1) is 32.5. The Morgan fingerprint density at radius 2 is 0.866 bits per heavy atom. The van der Waals surface area contributed by atoms with Crippen LogP contribution in [0.5, 0.6) is 0 Å². The fourth-order valence-corrected chi connectivity index (χ4v) is 9.26. The van der Waals surface area contributed by atoms with Crippen LogP contribution < -0.4 is 10.2 Å². The molecule has 0 aromatic carbocycles. The average molecular weight is 966 g/mol. The van der Waals surface area contributed by atoms with E-state index in [1.807, 2.05) is 27.2 Å². The molecule has 2 N–H and O–H groups in total. The third-order valence-corrected chi connectivity index (χ3v) is 14.1. The topological polar surface area (TPSA) is 108 Å². The van der Waals surface area contributed by atoms with Gasteiger partial charge in [-0.2, -0.15) is 0 Å². The number of aliphatic hydroxyl groups excluding tert-OH is 1. The number of likely N-dealkylation sites (N-methyl/N-ethyl adjacent to an activating group) is 1. The summed E-state index contributed by atoms with van der Waals surface area (Å²) in [5.74, 6) is -0.199. The van der Waals surface area contributed by atoms with Crippen LogP contribution >= 0.6 is 7.82 Å². The second-order valence-corrected chi connectivity index (χ2v) is 22.4. The van der Waals surface area contributed by atoms with Gasteiger partial charge in [-0.1, -0.05) is 256 Å². The van der Waals surface area contributed by atoms with E-state index in [4.69, 9.17) is 9.05 Å². The first-order valence-corrected chi connectivity index (χ1v) is 30.3. The number of quaternary nitrogens is 1. The van der Waals surface area contributed by atoms with Crippen molar-refractivity contribution < 1.29 is 32.9 Å². The van der Waals surface area contributed by atoms with Gasteiger partial charge in [0.1, 0.15) is 13.2 Å². The molecule has 3 unspecified atom stereocenters. The quantitative estimate of drug-likeness (QED) is 0.0272. The number of nitrogens with zero attached hydrogens (tertiary/aromatic N) is 1. The number of aliphatic hydroxyl groups is 1. The number of allylic oxidation sites excluding steroid dienone is 5. The number of nitrogens with one attached hydrogen (secondary N) is 1. The Hall–Kier alpha value is -1.28. The number of hydrogen-bond acceptors (Lipinski definition) is 6. The lowest BCUT2D eigenvalue weighted by Gasteiger charge is -2.29. The molecular formula is C58H113N2O6P. The molecule has 0 aliphatic carbocycles. The van der Waals surface area contributed by atoms with E-state index >= 15 is 0 Å². The van der Waals surface area contributed by atoms with E-state index in [9.17, 15) is 19.4 Å². The van der Waals surface area contributed by atoms with Gasteiger partial charge in [-0.15, -0.1) is 0 Å². The maximum absolute atomic E-state index is 13.0. The molecule has 0 radical (unpaired) electrons. The third-order valence-electron chi connectivity index (χ3n) is 13.1. The number of carbonyl (C=O) groups is 1. The molecule has 0 aromatic heterocycles. The van der Waals surface area contributed by atoms with E-state index in [0.717, 1.165) is 44.9 Å². The Balaban J connectivity index is 4.22. The Kier molecular flexibility index (Phi) is 48.7. The van der Waals surface area contributed by atoms with Gasteiger partial charge in [0.15, 0.2) is 0 Å². The first kappa shape index (κ1) is 65.7. The van der Waals surface area contributed by atoms with Crippen molar-refractivity contribution in [3.05, 3.63) is 36.5 Å². The molecule has 8 nitrogen and oxygen atoms in total. The predicted molar refractivity (Wildman–Crippen MR) is 288 cm³/mol. The number of unbranched alkanes of at least 4 members (excludes halogenated alkanes) is 36. The molecule has 0 aliphatic heterocycles. The van der Waals surface area contributed by atoms with Gasteiger partial charge in [-0.3, -0.25) is 9.36 Å². The molecule has 0 aromatic rings. The molecule has 0 fully saturated rings. The van der Waals surface area contributed by atoms with Gasteiger partial charge in [0.25, 0.3) is 7.82 Å². The van der Waals surface area contributed by atoms with E-state index in [1.165, 1.54) is 212 Å². The molecule has 0 heterocycles. The average Bonchev–Trinajstić information content (AvgIpc) is 3.29. The highest BCUT2D eigenvalue weighted by Crippen LogP contribution is 2.38. The van der Waals surface area contributed by atoms with Gasteiger partial charge in [0.05, 0.1) is 39.9 Å². The number of phosphoric acid groups is 1. The summed E-state index contributed by atoms with van der Waals surface area (Å²) in [6.45, 7) is 4.68. The minimum atomic E-state index is -4.60. The van der Waals surface area contributed by atoms with E-state index in [2.05, 4.69) is 43.5 Å². The number of amides is 1. The molecule has 0 rings (SSSR count). The van der Waals surface area contributed by atoms with E-state index in [-0.39, 0.29) is 19.1 Å². The Bertz CT molecular complexity index is 1190. The van der Waals surface area contributed by atoms with Crippen LogP contribution in [0.15, 0.2) is 36.5 Å². The summed E-state index contributed by atoms with van der Waals surface area (Å²) in [5.41, 5.74) is 0. The largest absolute Gasteiger partial charge is 0.756 e. The smallest absolute Gasteiger partial charge is 0.268 e. The lowest BCUT2D eigenvalue weighted by molar-refractivity contribution is -0.870. The van der Waals surface area contributed by atoms with Crippen molar-refractivity contribution in [3.8, 4) is 0 Å². The zero-order chi connectivity index (χ0) is 49.2. The third kappa shape index (κ3) is 52.4. The van der Waals surface area contributed by atoms with Crippen LogP contribution in [0.25, 0.3) is 0 Å². The van der Waals surface area contributed by atoms with Gasteiger partial charge < -0.3 is 28.8 Å². The summed E-state index contributed by atoms with van der Waals surface area (Å²) in [4.78, 5) is 25.5. The zero-order valence-corrected chi connectivity index (χ0v) is 46.0. The van der Waals surface area contributed by atoms with Crippen molar-refractivity contribution in [2.75, 3.05) is 40.9 Å². The maximum atomic E-state index is 13.0. The van der Waals surface area contributed by atoms with Crippen LogP contribution in [0.4, 0.5) is 0 Å². The normalized spacial score (nSPS) is 14.2. The fraction of sp³-hybridized carbons (Fsp3) is 0.879. The molecule has 0 saturated carbocycles. The standard InChI is InChI=1S/C58H113N2O6P/c1-6-8-10-12-14-16-18-20-22-24-26-28-29-30-31-32-34-36-38-40-42-44-46-48-50-52-58(62)59-56(55-66-67(63,64)65-54-53-60(3,4)5)57(61)51-49-47-45-43-41-39-37-35-33-27-25-23-21-19-17-15-13-11-9-7-2/h26,28,30-31,49,51,56-57,61H,6-25,27,29,32-48,50,52-55H2,1-5H3,(H-,59,62,63,64)/b28-26-,31-30-,51-49+. The van der Waals surface area contributed by atoms with Crippen LogP contribution in [0.1, 0.15) is 277 Å². The van der Waals surface area contributed by atoms with Gasteiger partial charge in [-0.25, -0.2) is 0 Å². The van der Waals surface area contributed by atoms with Crippen molar-refractivity contribution in [1.29, 1.82) is 0 Å². The molecular weight excluding hydrogens is 852 g/mol. The summed E-state index contributed by atoms with van der Waals surface area (Å²) >= 11 is 0. The highest BCUT2D eigenvalue weighted by molar-refractivity contribution is 7.45. The second-order valence-electron chi connectivity index (χ2n) is 21.0. The van der Waals surface area contributed by atoms with Gasteiger partial charge in [0.2, 0.25) is 5.91 Å². The van der Waals surface area contributed by atoms with Crippen molar-refractivity contribution in [2.45, 2.75) is 289 Å². The van der Waals surface area contributed by atoms with Crippen LogP contribution in [0, 0.1) is 0 Å². The SMILES string of the molecule is CCCCCCCCCCC/C=C\C/C=C\CCCCCCCCCCCC(=O)NC(COP(=O)([O-])OCC[N+](C)(C)C)C(O)/C=C/CCCCCCCCCCCCCCCCCCCC. The van der Waals surface area contributed by atoms with Crippen molar-refractivity contribution in [3.63, 3.8) is 0 Å². The molecule has 396 valence electrons. The van der Waals surface area contributed by atoms with E-state index in [1.54, 1.807) is 6.08 Å². The van der Waals surface area contributed by atoms with Crippen molar-refractivity contribution in [1.82, 2.24) is 5.32 Å². The molecule has 0 bridgehead atoms. The molecule has 0 aliphatic rings. The Labute approximate surface area is 417 Å². The zero-order valence-electron chi connectivity index (χ0n) is 45.1. The number of rotatable bonds is 53. The fourth-order valence-electron chi connectivity index (χ4n) is 8.54. The Morgan fingerprint density at radius 1 is 0.522 bits per heavy atom. The summed E-state index contributed by atoms with van der Waals surface area (Å²) < 4.78 is 23.4. The number of hydrogen-bond donors (Lipinski definition) is 2. The first-order valence-electron chi connectivity index (χ1n) is 28.9. The van der Waals surface area contributed by atoms with Crippen LogP contribution in [-0.2, 0) is 18.4 Å². The van der Waals surface area contributed by atoms with Crippen LogP contribution in [0.2, 0.25) is 0 Å². The van der Waals surface area contributed by atoms with Gasteiger partial charge in [-0.05, 0) is 51.4 Å². The molecule has 67 heavy (non-hydrogen) atoms. The molecule has 0 spiro atoms. The molecule has 3 atom stereocenters. The van der Waals surface area contributed by atoms with Gasteiger partial charge >= 0.3 is 0 Å². The van der Waals surface area contributed by atoms with Crippen LogP contribution in [0.3, 0.4) is 0 Å². The second kappa shape index (κ2) is 49.7. The van der Waals surface area contributed by atoms with Crippen LogP contribution in [-0.4, -0.2) is 68.5 Å². The monoisotopic (exact) mass is 965 g/mol. The summed E-state index contributed by atoms with van der Waals surface area (Å²) in [7, 11) is 1.26. The van der Waals surface area contributed by atoms with Crippen molar-refractivity contribution >= 4 is 13.7 Å². The van der Waals surface area contributed by atoms with Gasteiger partial charge in [0, 0.05) is 6.42 Å². The molecule has 1 amide bonds. The number of phosphoric ester groups is 1. The number of carbonyl (C=O) groups excluding carboxylic acids is 1. The molecule has 9 heteroatoms. The summed E-state index contributed by atoms with van der Waals surface area (Å²) in [5, 5.41) is 13.9. The van der Waals surface area contributed by atoms with Crippen molar-refractivity contribution in [2.24, 2.45) is 0 Å². The highest BCUT2D eigenvalue weighted by Gasteiger charge is 2.23. The highest BCUT2D eigenvalue weighted by atomic mass is 31.2. The summed E-state index contributed by atoms with van der Waals surface area (Å²) in [6, 6.07) is -0.889. The summed E-state index contributed by atoms with van der Waals surface area (Å²) in [6.07, 6.45) is 63.5. The minimum absolute atomic E-state index is 0.00147. The lowest BCUT2D eigenvalue weighted by Crippen LogP contribution is -2.45. The minimum Gasteiger partial charge on any atom is -0.756 e. The van der Waals surface area contributed by atoms with E-state index < -0.39 is 20.0 Å².